The van der Waals surface area contributed by atoms with E-state index in [1.54, 1.807) is 17.9 Å². The molecule has 0 radical (unpaired) electrons. The molecule has 0 saturated heterocycles. The highest BCUT2D eigenvalue weighted by molar-refractivity contribution is 5.83. The third-order valence-corrected chi connectivity index (χ3v) is 5.70. The minimum absolute atomic E-state index is 0.0625. The zero-order chi connectivity index (χ0) is 23.4. The Morgan fingerprint density at radius 1 is 1.24 bits per heavy atom. The SMILES string of the molecule is COCCn1nnnc1C(C(C)C)N(CCO)Cc1cc2cc3c(cc2[nH]c1=O)OCCO3. The molecule has 11 nitrogen and oxygen atoms in total. The fourth-order valence-electron chi connectivity index (χ4n) is 4.21. The number of rotatable bonds is 10. The molecule has 2 aromatic heterocycles. The Morgan fingerprint density at radius 3 is 2.70 bits per heavy atom. The third kappa shape index (κ3) is 5.00. The summed E-state index contributed by atoms with van der Waals surface area (Å²) in [5, 5.41) is 22.9. The van der Waals surface area contributed by atoms with Gasteiger partial charge in [-0.2, -0.15) is 0 Å². The van der Waals surface area contributed by atoms with Crippen LogP contribution in [0.25, 0.3) is 10.9 Å². The Bertz CT molecular complexity index is 1140. The molecule has 0 bridgehead atoms. The molecule has 33 heavy (non-hydrogen) atoms. The van der Waals surface area contributed by atoms with Gasteiger partial charge >= 0.3 is 0 Å². The van der Waals surface area contributed by atoms with Crippen LogP contribution in [0.2, 0.25) is 0 Å². The number of aliphatic hydroxyl groups excluding tert-OH is 1. The fraction of sp³-hybridized carbons (Fsp3) is 0.545. The number of hydrogen-bond donors (Lipinski definition) is 2. The number of pyridine rings is 1. The number of fused-ring (bicyclic) bond motifs is 2. The van der Waals surface area contributed by atoms with Crippen molar-refractivity contribution in [3.8, 4) is 11.5 Å². The van der Waals surface area contributed by atoms with Gasteiger partial charge in [0, 0.05) is 37.2 Å². The molecule has 1 aliphatic heterocycles. The van der Waals surface area contributed by atoms with Crippen molar-refractivity contribution in [2.45, 2.75) is 33.0 Å². The van der Waals surface area contributed by atoms with Gasteiger partial charge in [0.05, 0.1) is 31.3 Å². The molecular weight excluding hydrogens is 428 g/mol. The van der Waals surface area contributed by atoms with Crippen molar-refractivity contribution >= 4 is 10.9 Å². The van der Waals surface area contributed by atoms with Gasteiger partial charge in [-0.05, 0) is 28.5 Å². The normalized spacial score (nSPS) is 14.4. The highest BCUT2D eigenvalue weighted by Crippen LogP contribution is 2.34. The molecule has 0 spiro atoms. The second kappa shape index (κ2) is 10.3. The fourth-order valence-corrected chi connectivity index (χ4v) is 4.21. The van der Waals surface area contributed by atoms with Gasteiger partial charge in [-0.3, -0.25) is 9.69 Å². The van der Waals surface area contributed by atoms with E-state index >= 15 is 0 Å². The first-order chi connectivity index (χ1) is 16.0. The molecule has 3 heterocycles. The summed E-state index contributed by atoms with van der Waals surface area (Å²) in [5.74, 6) is 2.09. The Kier molecular flexibility index (Phi) is 7.21. The smallest absolute Gasteiger partial charge is 0.252 e. The largest absolute Gasteiger partial charge is 0.486 e. The minimum atomic E-state index is -0.209. The van der Waals surface area contributed by atoms with E-state index in [0.29, 0.717) is 67.9 Å². The van der Waals surface area contributed by atoms with Crippen molar-refractivity contribution in [1.82, 2.24) is 30.1 Å². The van der Waals surface area contributed by atoms with Gasteiger partial charge in [0.1, 0.15) is 13.2 Å². The monoisotopic (exact) mass is 458 g/mol. The van der Waals surface area contributed by atoms with Crippen LogP contribution in [0.1, 0.15) is 31.3 Å². The summed E-state index contributed by atoms with van der Waals surface area (Å²) in [5.41, 5.74) is 1.07. The van der Waals surface area contributed by atoms with Crippen LogP contribution in [0.4, 0.5) is 0 Å². The molecule has 0 amide bonds. The third-order valence-electron chi connectivity index (χ3n) is 5.70. The van der Waals surface area contributed by atoms with Crippen LogP contribution in [0.5, 0.6) is 11.5 Å². The number of nitrogens with zero attached hydrogens (tertiary/aromatic N) is 5. The first-order valence-corrected chi connectivity index (χ1v) is 11.1. The summed E-state index contributed by atoms with van der Waals surface area (Å²) >= 11 is 0. The van der Waals surface area contributed by atoms with Crippen LogP contribution < -0.4 is 15.0 Å². The molecule has 178 valence electrons. The minimum Gasteiger partial charge on any atom is -0.486 e. The number of aromatic amines is 1. The van der Waals surface area contributed by atoms with Gasteiger partial charge in [-0.25, -0.2) is 4.68 Å². The predicted molar refractivity (Wildman–Crippen MR) is 120 cm³/mol. The molecule has 11 heteroatoms. The number of H-pyrrole nitrogens is 1. The van der Waals surface area contributed by atoms with Crippen LogP contribution in [0, 0.1) is 5.92 Å². The molecule has 0 saturated carbocycles. The van der Waals surface area contributed by atoms with Crippen LogP contribution >= 0.6 is 0 Å². The van der Waals surface area contributed by atoms with E-state index in [-0.39, 0.29) is 24.1 Å². The molecule has 3 aromatic rings. The number of aliphatic hydroxyl groups is 1. The Balaban J connectivity index is 1.68. The van der Waals surface area contributed by atoms with Gasteiger partial charge in [0.2, 0.25) is 0 Å². The second-order valence-electron chi connectivity index (χ2n) is 8.34. The first-order valence-electron chi connectivity index (χ1n) is 11.1. The number of hydrogen-bond acceptors (Lipinski definition) is 9. The summed E-state index contributed by atoms with van der Waals surface area (Å²) in [6.07, 6.45) is 0. The molecule has 2 N–H and O–H groups in total. The highest BCUT2D eigenvalue weighted by atomic mass is 16.6. The molecule has 0 aliphatic carbocycles. The average molecular weight is 459 g/mol. The second-order valence-corrected chi connectivity index (χ2v) is 8.34. The van der Waals surface area contributed by atoms with Crippen molar-refractivity contribution in [1.29, 1.82) is 0 Å². The molecule has 1 aromatic carbocycles. The van der Waals surface area contributed by atoms with Crippen LogP contribution in [-0.4, -0.2) is 75.3 Å². The lowest BCUT2D eigenvalue weighted by Crippen LogP contribution is -2.37. The highest BCUT2D eigenvalue weighted by Gasteiger charge is 2.29. The molecule has 1 unspecified atom stereocenters. The predicted octanol–water partition coefficient (Wildman–Crippen LogP) is 1.12. The summed E-state index contributed by atoms with van der Waals surface area (Å²) in [6, 6.07) is 5.33. The van der Waals surface area contributed by atoms with Gasteiger partial charge in [0.25, 0.3) is 5.56 Å². The van der Waals surface area contributed by atoms with Crippen molar-refractivity contribution in [3.05, 3.63) is 39.9 Å². The topological polar surface area (TPSA) is 128 Å². The van der Waals surface area contributed by atoms with Gasteiger partial charge in [-0.15, -0.1) is 5.10 Å². The maximum absolute atomic E-state index is 12.9. The number of benzene rings is 1. The summed E-state index contributed by atoms with van der Waals surface area (Å²) in [4.78, 5) is 17.9. The maximum atomic E-state index is 12.9. The summed E-state index contributed by atoms with van der Waals surface area (Å²) < 4.78 is 18.2. The first kappa shape index (κ1) is 23.1. The number of nitrogens with one attached hydrogen (secondary N) is 1. The van der Waals surface area contributed by atoms with Gasteiger partial charge in [0.15, 0.2) is 17.3 Å². The quantitative estimate of drug-likeness (QED) is 0.459. The number of aromatic nitrogens is 5. The average Bonchev–Trinajstić information content (AvgIpc) is 3.24. The lowest BCUT2D eigenvalue weighted by Gasteiger charge is -2.33. The van der Waals surface area contributed by atoms with Crippen molar-refractivity contribution in [2.24, 2.45) is 5.92 Å². The molecular formula is C22H30N6O5. The Hall–Kier alpha value is -3.02. The number of methoxy groups -OCH3 is 1. The van der Waals surface area contributed by atoms with Crippen LogP contribution in [0.15, 0.2) is 23.0 Å². The number of ether oxygens (including phenoxy) is 3. The zero-order valence-corrected chi connectivity index (χ0v) is 19.2. The molecule has 1 aliphatic rings. The van der Waals surface area contributed by atoms with E-state index in [2.05, 4.69) is 34.4 Å². The van der Waals surface area contributed by atoms with Crippen molar-refractivity contribution in [3.63, 3.8) is 0 Å². The van der Waals surface area contributed by atoms with E-state index in [9.17, 15) is 9.90 Å². The molecule has 1 atom stereocenters. The lowest BCUT2D eigenvalue weighted by atomic mass is 10.0. The molecule has 4 rings (SSSR count). The van der Waals surface area contributed by atoms with Crippen molar-refractivity contribution in [2.75, 3.05) is 40.1 Å². The Morgan fingerprint density at radius 2 is 2.00 bits per heavy atom. The van der Waals surface area contributed by atoms with Crippen LogP contribution in [0.3, 0.4) is 0 Å². The summed E-state index contributed by atoms with van der Waals surface area (Å²) in [7, 11) is 1.63. The van der Waals surface area contributed by atoms with E-state index in [1.807, 2.05) is 17.0 Å². The maximum Gasteiger partial charge on any atom is 0.252 e. The Labute approximate surface area is 191 Å². The lowest BCUT2D eigenvalue weighted by molar-refractivity contribution is 0.103. The van der Waals surface area contributed by atoms with E-state index in [4.69, 9.17) is 14.2 Å². The standard InChI is InChI=1S/C22H30N6O5/c1-14(2)20(21-24-25-26-28(21)5-7-31-3)27(4-6-29)13-16-10-15-11-18-19(33-9-8-32-18)12-17(15)23-22(16)30/h10-12,14,20,29H,4-9,13H2,1-3H3,(H,23,30). The molecule has 0 fully saturated rings. The van der Waals surface area contributed by atoms with Gasteiger partial charge in [-0.1, -0.05) is 13.8 Å². The van der Waals surface area contributed by atoms with E-state index < -0.39 is 0 Å². The number of tetrazole rings is 1. The van der Waals surface area contributed by atoms with Crippen molar-refractivity contribution < 1.29 is 19.3 Å². The van der Waals surface area contributed by atoms with Crippen LogP contribution in [-0.2, 0) is 17.8 Å². The van der Waals surface area contributed by atoms with E-state index in [1.165, 1.54) is 0 Å². The van der Waals surface area contributed by atoms with E-state index in [0.717, 1.165) is 5.39 Å². The zero-order valence-electron chi connectivity index (χ0n) is 19.2. The summed E-state index contributed by atoms with van der Waals surface area (Å²) in [6.45, 7) is 6.72. The van der Waals surface area contributed by atoms with Gasteiger partial charge < -0.3 is 24.3 Å².